The van der Waals surface area contributed by atoms with Crippen molar-refractivity contribution in [3.63, 3.8) is 0 Å². The van der Waals surface area contributed by atoms with Crippen LogP contribution in [0.2, 0.25) is 0 Å². The van der Waals surface area contributed by atoms with Crippen molar-refractivity contribution in [1.29, 1.82) is 5.26 Å². The van der Waals surface area contributed by atoms with Gasteiger partial charge >= 0.3 is 17.8 Å². The van der Waals surface area contributed by atoms with E-state index in [1.165, 1.54) is 0 Å². The van der Waals surface area contributed by atoms with E-state index in [1.54, 1.807) is 12.2 Å². The topological polar surface area (TPSA) is 96.0 Å². The van der Waals surface area contributed by atoms with Gasteiger partial charge in [0.15, 0.2) is 0 Å². The largest absolute Gasteiger partial charge is 0.519 e. The minimum Gasteiger partial charge on any atom is -0.464 e. The second kappa shape index (κ2) is 18.3. The molecule has 1 aliphatic carbocycles. The molecule has 10 heteroatoms. The highest BCUT2D eigenvalue weighted by atomic mass is 16.5. The lowest BCUT2D eigenvalue weighted by atomic mass is 9.93. The van der Waals surface area contributed by atoms with Crippen molar-refractivity contribution in [3.05, 3.63) is 105 Å². The van der Waals surface area contributed by atoms with Gasteiger partial charge in [-0.3, -0.25) is 9.59 Å². The average Bonchev–Trinajstić information content (AvgIpc) is 3.02. The predicted molar refractivity (Wildman–Crippen MR) is 169 cm³/mol. The number of aryl methyl sites for hydroxylation is 1. The number of likely N-dealkylation sites (N-methyl/N-ethyl adjacent to an activating group) is 2. The Hall–Kier alpha value is -5.32. The van der Waals surface area contributed by atoms with E-state index in [9.17, 15) is 9.59 Å². The van der Waals surface area contributed by atoms with Gasteiger partial charge in [0.05, 0.1) is 25.7 Å². The molecule has 0 radical (unpaired) electrons. The number of hydrogen-bond donors (Lipinski definition) is 0. The van der Waals surface area contributed by atoms with E-state index in [0.29, 0.717) is 31.5 Å². The summed E-state index contributed by atoms with van der Waals surface area (Å²) < 4.78 is 10.8. The van der Waals surface area contributed by atoms with Crippen molar-refractivity contribution < 1.29 is 19.1 Å². The first kappa shape index (κ1) is 34.9. The van der Waals surface area contributed by atoms with Crippen LogP contribution in [0.3, 0.4) is 0 Å². The maximum Gasteiger partial charge on any atom is 0.519 e. The maximum absolute atomic E-state index is 12.2. The van der Waals surface area contributed by atoms with Gasteiger partial charge in [0.25, 0.3) is 5.70 Å². The fourth-order valence-electron chi connectivity index (χ4n) is 4.53. The van der Waals surface area contributed by atoms with E-state index in [0.717, 1.165) is 29.1 Å². The van der Waals surface area contributed by atoms with Gasteiger partial charge in [-0.25, -0.2) is 10.1 Å². The lowest BCUT2D eigenvalue weighted by molar-refractivity contribution is -0.145. The number of hydrogen-bond acceptors (Lipinski definition) is 7. The van der Waals surface area contributed by atoms with Crippen LogP contribution in [0.15, 0.2) is 59.2 Å². The number of allylic oxidation sites excluding steroid dienone is 5. The van der Waals surface area contributed by atoms with Crippen LogP contribution in [0, 0.1) is 43.9 Å². The van der Waals surface area contributed by atoms with E-state index in [-0.39, 0.29) is 55.4 Å². The Morgan fingerprint density at radius 3 is 2.18 bits per heavy atom. The molecule has 0 spiro atoms. The third-order valence-electron chi connectivity index (χ3n) is 7.12. The van der Waals surface area contributed by atoms with Gasteiger partial charge in [0.1, 0.15) is 26.4 Å². The fraction of sp³-hybridized carbons (Fsp3) is 0.412. The van der Waals surface area contributed by atoms with Crippen molar-refractivity contribution in [2.75, 3.05) is 44.8 Å². The molecule has 0 saturated carbocycles. The highest BCUT2D eigenvalue weighted by molar-refractivity contribution is 5.70. The summed E-state index contributed by atoms with van der Waals surface area (Å²) in [6.45, 7) is 29.3. The van der Waals surface area contributed by atoms with Gasteiger partial charge in [-0.15, -0.1) is 0 Å². The molecule has 0 N–H and O–H groups in total. The number of benzene rings is 1. The number of unbranched alkanes of at least 4 members (excludes halogenated alkanes) is 1. The van der Waals surface area contributed by atoms with Crippen molar-refractivity contribution in [1.82, 2.24) is 4.90 Å². The van der Waals surface area contributed by atoms with Gasteiger partial charge < -0.3 is 19.3 Å². The monoisotopic (exact) mass is 594 g/mol. The maximum atomic E-state index is 12.2. The van der Waals surface area contributed by atoms with E-state index in [4.69, 9.17) is 34.5 Å². The zero-order valence-corrected chi connectivity index (χ0v) is 25.8. The van der Waals surface area contributed by atoms with Crippen LogP contribution in [0.1, 0.15) is 50.7 Å². The van der Waals surface area contributed by atoms with E-state index in [2.05, 4.69) is 19.4 Å². The molecule has 10 nitrogen and oxygen atoms in total. The molecule has 0 aromatic heterocycles. The molecule has 0 aliphatic heterocycles. The van der Waals surface area contributed by atoms with Crippen LogP contribution in [0.4, 0.5) is 5.69 Å². The number of esters is 2. The van der Waals surface area contributed by atoms with Gasteiger partial charge in [-0.05, 0) is 67.5 Å². The molecule has 228 valence electrons. The van der Waals surface area contributed by atoms with Crippen molar-refractivity contribution in [2.24, 2.45) is 5.92 Å². The van der Waals surface area contributed by atoms with Gasteiger partial charge in [-0.1, -0.05) is 25.1 Å². The number of nitriles is 1. The van der Waals surface area contributed by atoms with Gasteiger partial charge in [-0.2, -0.15) is 9.69 Å². The first-order chi connectivity index (χ1) is 21.2. The summed E-state index contributed by atoms with van der Waals surface area (Å²) in [5, 5.41) is 9.11. The first-order valence-electron chi connectivity index (χ1n) is 14.4. The number of anilines is 1. The van der Waals surface area contributed by atoms with Crippen LogP contribution in [0.5, 0.6) is 0 Å². The molecular formula is C34H38N6O4. The number of carbonyl (C=O) groups excluding carboxylic acids is 2. The van der Waals surface area contributed by atoms with E-state index < -0.39 is 0 Å². The minimum absolute atomic E-state index is 0.0187. The zero-order chi connectivity index (χ0) is 32.5. The first-order valence-corrected chi connectivity index (χ1v) is 14.4. The molecule has 1 aliphatic rings. The minimum atomic E-state index is -0.316. The third kappa shape index (κ3) is 10.8. The van der Waals surface area contributed by atoms with Crippen molar-refractivity contribution >= 4 is 23.7 Å². The Morgan fingerprint density at radius 2 is 1.66 bits per heavy atom. The van der Waals surface area contributed by atoms with Crippen LogP contribution in [0.25, 0.3) is 20.6 Å². The van der Waals surface area contributed by atoms with Crippen molar-refractivity contribution in [2.45, 2.75) is 46.5 Å². The van der Waals surface area contributed by atoms with Crippen LogP contribution < -0.4 is 4.90 Å². The molecule has 0 heterocycles. The number of rotatable bonds is 15. The molecular weight excluding hydrogens is 556 g/mol. The molecule has 1 atom stereocenters. The Bertz CT molecular complexity index is 1460. The molecule has 0 amide bonds. The number of carbonyl (C=O) groups is 2. The number of nitrogens with zero attached hydrogens (tertiary/aromatic N) is 6. The Kier molecular flexibility index (Phi) is 14.5. The Morgan fingerprint density at radius 1 is 1.02 bits per heavy atom. The Labute approximate surface area is 260 Å². The SMILES string of the molecule is [C-]#[N+]C(=Cc1ccc(N(CC)CCOC(=O)CCCCC(=O)OCCN(C)C2=CC(C)/C(=C(\C#N)[N+]#[C-])C=C2)cc1C)[N+]#[C-]. The summed E-state index contributed by atoms with van der Waals surface area (Å²) >= 11 is 0. The fourth-order valence-corrected chi connectivity index (χ4v) is 4.53. The van der Waals surface area contributed by atoms with Crippen molar-refractivity contribution in [3.8, 4) is 6.07 Å². The molecule has 2 rings (SSSR count). The molecule has 1 aromatic rings. The molecule has 0 fully saturated rings. The van der Waals surface area contributed by atoms with Gasteiger partial charge in [0.2, 0.25) is 0 Å². The average molecular weight is 595 g/mol. The summed E-state index contributed by atoms with van der Waals surface area (Å²) in [5.74, 6) is -0.670. The van der Waals surface area contributed by atoms with Crippen LogP contribution >= 0.6 is 0 Å². The molecule has 0 saturated heterocycles. The van der Waals surface area contributed by atoms with E-state index in [1.807, 2.05) is 69.1 Å². The molecule has 1 unspecified atom stereocenters. The number of ether oxygens (including phenoxy) is 2. The second-order valence-electron chi connectivity index (χ2n) is 10.2. The lowest BCUT2D eigenvalue weighted by Gasteiger charge is -2.25. The smallest absolute Gasteiger partial charge is 0.464 e. The lowest BCUT2D eigenvalue weighted by Crippen LogP contribution is -2.28. The summed E-state index contributed by atoms with van der Waals surface area (Å²) in [7, 11) is 1.89. The Balaban J connectivity index is 1.66. The second-order valence-corrected chi connectivity index (χ2v) is 10.2. The summed E-state index contributed by atoms with van der Waals surface area (Å²) in [6, 6.07) is 7.73. The summed E-state index contributed by atoms with van der Waals surface area (Å²) in [4.78, 5) is 38.1. The zero-order valence-electron chi connectivity index (χ0n) is 25.8. The van der Waals surface area contributed by atoms with Crippen LogP contribution in [-0.2, 0) is 19.1 Å². The normalized spacial score (nSPS) is 14.5. The highest BCUT2D eigenvalue weighted by Gasteiger charge is 2.17. The predicted octanol–water partition coefficient (Wildman–Crippen LogP) is 6.32. The molecule has 0 bridgehead atoms. The molecule has 44 heavy (non-hydrogen) atoms. The molecule has 1 aromatic carbocycles. The standard InChI is InChI=1S/C34H38N6O4/c1-8-40(29-14-13-27(25(2)21-29)23-32(37-5)38-6)18-20-44-34(42)12-10-9-11-33(41)43-19-17-39(7)28-15-16-30(26(3)22-28)31(24-35)36-4/h13-16,21-23,26H,8-12,17-20H2,1-3,7H3/b31-30+. The summed E-state index contributed by atoms with van der Waals surface area (Å²) in [5.41, 5.74) is 4.45. The quantitative estimate of drug-likeness (QED) is 0.101. The van der Waals surface area contributed by atoms with E-state index >= 15 is 0 Å². The third-order valence-corrected chi connectivity index (χ3v) is 7.12. The van der Waals surface area contributed by atoms with Crippen LogP contribution in [-0.4, -0.2) is 56.7 Å². The highest BCUT2D eigenvalue weighted by Crippen LogP contribution is 2.26. The van der Waals surface area contributed by atoms with Gasteiger partial charge in [0, 0.05) is 43.9 Å². The summed E-state index contributed by atoms with van der Waals surface area (Å²) in [6.07, 6.45) is 8.68.